The van der Waals surface area contributed by atoms with Gasteiger partial charge in [-0.1, -0.05) is 43.3 Å². The van der Waals surface area contributed by atoms with E-state index in [1.165, 1.54) is 27.1 Å². The van der Waals surface area contributed by atoms with E-state index in [2.05, 4.69) is 61.5 Å². The second-order valence-electron chi connectivity index (χ2n) is 4.12. The first-order chi connectivity index (χ1) is 7.86. The fraction of sp³-hybridized carbons (Fsp3) is 0.125. The number of hydrogen-bond acceptors (Lipinski definition) is 0. The van der Waals surface area contributed by atoms with Gasteiger partial charge in [0.05, 0.1) is 0 Å². The van der Waals surface area contributed by atoms with Crippen molar-refractivity contribution < 1.29 is 0 Å². The zero-order chi connectivity index (χ0) is 11.0. The molecule has 0 aliphatic rings. The van der Waals surface area contributed by atoms with Gasteiger partial charge in [-0.15, -0.1) is 0 Å². The fourth-order valence-electron chi connectivity index (χ4n) is 2.12. The van der Waals surface area contributed by atoms with Crippen molar-refractivity contribution in [1.82, 2.24) is 0 Å². The Morgan fingerprint density at radius 3 is 2.38 bits per heavy atom. The van der Waals surface area contributed by atoms with Gasteiger partial charge in [0.15, 0.2) is 0 Å². The predicted octanol–water partition coefficient (Wildman–Crippen LogP) is 4.36. The molecule has 0 unspecified atom stereocenters. The molecular formula is C16H13. The minimum absolute atomic E-state index is 1.04. The van der Waals surface area contributed by atoms with Crippen LogP contribution in [0.3, 0.4) is 0 Å². The lowest BCUT2D eigenvalue weighted by molar-refractivity contribution is 1.14. The second-order valence-corrected chi connectivity index (χ2v) is 4.12. The Morgan fingerprint density at radius 2 is 1.62 bits per heavy atom. The molecule has 0 nitrogen and oxygen atoms in total. The molecule has 3 aromatic carbocycles. The van der Waals surface area contributed by atoms with Crippen molar-refractivity contribution in [3.05, 3.63) is 60.2 Å². The molecule has 0 saturated carbocycles. The van der Waals surface area contributed by atoms with Crippen molar-refractivity contribution in [1.29, 1.82) is 0 Å². The highest BCUT2D eigenvalue weighted by atomic mass is 14.0. The van der Waals surface area contributed by atoms with Gasteiger partial charge in [-0.3, -0.25) is 0 Å². The van der Waals surface area contributed by atoms with Crippen LogP contribution in [-0.4, -0.2) is 0 Å². The van der Waals surface area contributed by atoms with E-state index in [-0.39, 0.29) is 0 Å². The number of benzene rings is 3. The molecule has 0 N–H and O–H groups in total. The lowest BCUT2D eigenvalue weighted by Crippen LogP contribution is -1.82. The van der Waals surface area contributed by atoms with E-state index in [0.717, 1.165) is 6.42 Å². The van der Waals surface area contributed by atoms with E-state index in [1.54, 1.807) is 0 Å². The summed E-state index contributed by atoms with van der Waals surface area (Å²) in [6.45, 7) is 2.17. The van der Waals surface area contributed by atoms with E-state index in [9.17, 15) is 0 Å². The lowest BCUT2D eigenvalue weighted by Gasteiger charge is -2.03. The maximum absolute atomic E-state index is 3.47. The summed E-state index contributed by atoms with van der Waals surface area (Å²) in [4.78, 5) is 0. The smallest absolute Gasteiger partial charge is 0.00642 e. The summed E-state index contributed by atoms with van der Waals surface area (Å²) >= 11 is 0. The number of aryl methyl sites for hydroxylation is 1. The lowest BCUT2D eigenvalue weighted by atomic mass is 10.0. The average Bonchev–Trinajstić information content (AvgIpc) is 2.35. The van der Waals surface area contributed by atoms with Crippen LogP contribution in [0.2, 0.25) is 0 Å². The summed E-state index contributed by atoms with van der Waals surface area (Å²) in [5.41, 5.74) is 1.28. The van der Waals surface area contributed by atoms with Gasteiger partial charge in [-0.05, 0) is 51.7 Å². The third-order valence-electron chi connectivity index (χ3n) is 3.06. The molecule has 0 fully saturated rings. The van der Waals surface area contributed by atoms with Gasteiger partial charge in [-0.2, -0.15) is 0 Å². The first-order valence-electron chi connectivity index (χ1n) is 5.70. The molecular weight excluding hydrogens is 192 g/mol. The summed E-state index contributed by atoms with van der Waals surface area (Å²) in [6.07, 6.45) is 1.04. The molecule has 0 aromatic heterocycles. The third kappa shape index (κ3) is 1.47. The molecule has 0 aliphatic carbocycles. The molecule has 0 atom stereocenters. The first-order valence-corrected chi connectivity index (χ1v) is 5.70. The maximum Gasteiger partial charge on any atom is -0.00642 e. The van der Waals surface area contributed by atoms with Crippen molar-refractivity contribution in [2.45, 2.75) is 13.3 Å². The van der Waals surface area contributed by atoms with Crippen LogP contribution >= 0.6 is 0 Å². The van der Waals surface area contributed by atoms with Crippen LogP contribution < -0.4 is 0 Å². The van der Waals surface area contributed by atoms with Gasteiger partial charge >= 0.3 is 0 Å². The Labute approximate surface area is 95.5 Å². The van der Waals surface area contributed by atoms with E-state index in [4.69, 9.17) is 0 Å². The Bertz CT molecular complexity index is 650. The van der Waals surface area contributed by atoms with Crippen molar-refractivity contribution in [2.75, 3.05) is 0 Å². The highest BCUT2D eigenvalue weighted by Crippen LogP contribution is 2.23. The van der Waals surface area contributed by atoms with Crippen molar-refractivity contribution in [3.63, 3.8) is 0 Å². The minimum Gasteiger partial charge on any atom is -0.0616 e. The van der Waals surface area contributed by atoms with E-state index >= 15 is 0 Å². The van der Waals surface area contributed by atoms with Crippen LogP contribution in [0.15, 0.2) is 48.5 Å². The summed E-state index contributed by atoms with van der Waals surface area (Å²) in [6, 6.07) is 20.8. The van der Waals surface area contributed by atoms with E-state index in [1.807, 2.05) is 0 Å². The summed E-state index contributed by atoms with van der Waals surface area (Å²) in [5.74, 6) is 0. The summed E-state index contributed by atoms with van der Waals surface area (Å²) in [7, 11) is 0. The van der Waals surface area contributed by atoms with Gasteiger partial charge in [0.1, 0.15) is 0 Å². The standard InChI is InChI=1S/C16H13/c1-2-12-7-8-15-10-13-5-3-4-6-14(13)11-16(15)9-12/h3-8,10-11H,2H2,1H3. The zero-order valence-electron chi connectivity index (χ0n) is 9.33. The molecule has 1 radical (unpaired) electrons. The Balaban J connectivity index is 2.37. The van der Waals surface area contributed by atoms with Crippen LogP contribution in [0, 0.1) is 6.07 Å². The first kappa shape index (κ1) is 9.41. The molecule has 16 heavy (non-hydrogen) atoms. The molecule has 77 valence electrons. The van der Waals surface area contributed by atoms with E-state index < -0.39 is 0 Å². The molecule has 3 aromatic rings. The highest BCUT2D eigenvalue weighted by Gasteiger charge is 1.98. The molecule has 3 rings (SSSR count). The van der Waals surface area contributed by atoms with Crippen LogP contribution in [0.4, 0.5) is 0 Å². The summed E-state index contributed by atoms with van der Waals surface area (Å²) in [5, 5.41) is 5.08. The second kappa shape index (κ2) is 3.64. The Kier molecular flexibility index (Phi) is 2.14. The highest BCUT2D eigenvalue weighted by molar-refractivity contribution is 5.98. The molecule has 0 heteroatoms. The molecule has 0 spiro atoms. The van der Waals surface area contributed by atoms with Gasteiger partial charge in [0, 0.05) is 0 Å². The molecule has 0 aliphatic heterocycles. The van der Waals surface area contributed by atoms with E-state index in [0.29, 0.717) is 0 Å². The van der Waals surface area contributed by atoms with Crippen LogP contribution in [0.1, 0.15) is 12.5 Å². The van der Waals surface area contributed by atoms with Gasteiger partial charge in [0.2, 0.25) is 0 Å². The van der Waals surface area contributed by atoms with Crippen LogP contribution in [-0.2, 0) is 6.42 Å². The number of fused-ring (bicyclic) bond motifs is 2. The Hall–Kier alpha value is -1.82. The predicted molar refractivity (Wildman–Crippen MR) is 69.7 cm³/mol. The molecule has 0 amide bonds. The van der Waals surface area contributed by atoms with Gasteiger partial charge in [-0.25, -0.2) is 0 Å². The van der Waals surface area contributed by atoms with Crippen molar-refractivity contribution in [2.24, 2.45) is 0 Å². The average molecular weight is 205 g/mol. The quantitative estimate of drug-likeness (QED) is 0.518. The largest absolute Gasteiger partial charge is 0.0616 e. The van der Waals surface area contributed by atoms with Crippen molar-refractivity contribution >= 4 is 21.5 Å². The van der Waals surface area contributed by atoms with Crippen LogP contribution in [0.5, 0.6) is 0 Å². The number of rotatable bonds is 1. The topological polar surface area (TPSA) is 0 Å². The molecule has 0 saturated heterocycles. The summed E-state index contributed by atoms with van der Waals surface area (Å²) < 4.78 is 0. The van der Waals surface area contributed by atoms with Crippen molar-refractivity contribution in [3.8, 4) is 0 Å². The van der Waals surface area contributed by atoms with Gasteiger partial charge < -0.3 is 0 Å². The van der Waals surface area contributed by atoms with Gasteiger partial charge in [0.25, 0.3) is 0 Å². The Morgan fingerprint density at radius 1 is 0.875 bits per heavy atom. The molecule has 0 heterocycles. The fourth-order valence-corrected chi connectivity index (χ4v) is 2.12. The monoisotopic (exact) mass is 205 g/mol. The maximum atomic E-state index is 3.47. The third-order valence-corrected chi connectivity index (χ3v) is 3.06. The van der Waals surface area contributed by atoms with Crippen LogP contribution in [0.25, 0.3) is 21.5 Å². The minimum atomic E-state index is 1.04. The zero-order valence-corrected chi connectivity index (χ0v) is 9.33. The normalized spacial score (nSPS) is 11.1. The SMILES string of the molecule is CCc1[c]c2cc3ccccc3cc2cc1. The number of hydrogen-bond donors (Lipinski definition) is 0. The molecule has 0 bridgehead atoms.